The molecule has 7 heteroatoms. The van der Waals surface area contributed by atoms with Crippen molar-refractivity contribution in [3.8, 4) is 11.6 Å². The zero-order valence-corrected chi connectivity index (χ0v) is 15.8. The highest BCUT2D eigenvalue weighted by Crippen LogP contribution is 2.23. The lowest BCUT2D eigenvalue weighted by Crippen LogP contribution is -2.25. The van der Waals surface area contributed by atoms with Crippen LogP contribution in [0.1, 0.15) is 25.0 Å². The first-order valence-electron chi connectivity index (χ1n) is 8.77. The van der Waals surface area contributed by atoms with Crippen LogP contribution in [-0.2, 0) is 19.5 Å². The Morgan fingerprint density at radius 3 is 2.96 bits per heavy atom. The first kappa shape index (κ1) is 18.1. The summed E-state index contributed by atoms with van der Waals surface area (Å²) in [6.07, 6.45) is 3.55. The summed E-state index contributed by atoms with van der Waals surface area (Å²) in [6.45, 7) is 3.56. The van der Waals surface area contributed by atoms with Gasteiger partial charge in [0.15, 0.2) is 0 Å². The summed E-state index contributed by atoms with van der Waals surface area (Å²) in [5.41, 5.74) is 0.730. The average Bonchev–Trinajstić information content (AvgIpc) is 3.16. The van der Waals surface area contributed by atoms with E-state index in [2.05, 4.69) is 21.2 Å². The fourth-order valence-corrected chi connectivity index (χ4v) is 3.53. The number of benzene rings is 1. The number of nitrogens with one attached hydrogen (secondary N) is 1. The van der Waals surface area contributed by atoms with Crippen molar-refractivity contribution in [1.82, 2.24) is 14.5 Å². The summed E-state index contributed by atoms with van der Waals surface area (Å²) >= 11 is 3.42. The number of rotatable bonds is 9. The molecule has 1 aliphatic heterocycles. The summed E-state index contributed by atoms with van der Waals surface area (Å²) in [4.78, 5) is 12.2. The second-order valence-electron chi connectivity index (χ2n) is 6.22. The standard InChI is InChI=1S/C18H24BrN3O3/c19-14-5-3-6-15(13-14)25-12-9-20-8-1-2-10-22-17(23)16-7-4-11-21(16)18(22)24/h3,5-6,13,20,23H,1-2,4,7-12H2. The van der Waals surface area contributed by atoms with Gasteiger partial charge in [0.25, 0.3) is 0 Å². The summed E-state index contributed by atoms with van der Waals surface area (Å²) in [5.74, 6) is 1.02. The van der Waals surface area contributed by atoms with Crippen molar-refractivity contribution >= 4 is 15.9 Å². The van der Waals surface area contributed by atoms with Gasteiger partial charge in [0, 0.05) is 24.1 Å². The first-order chi connectivity index (χ1) is 12.2. The van der Waals surface area contributed by atoms with E-state index in [0.29, 0.717) is 13.2 Å². The minimum Gasteiger partial charge on any atom is -0.493 e. The Morgan fingerprint density at radius 2 is 2.16 bits per heavy atom. The Hall–Kier alpha value is -1.73. The monoisotopic (exact) mass is 409 g/mol. The third-order valence-electron chi connectivity index (χ3n) is 4.43. The number of hydrogen-bond acceptors (Lipinski definition) is 4. The summed E-state index contributed by atoms with van der Waals surface area (Å²) in [7, 11) is 0. The fraction of sp³-hybridized carbons (Fsp3) is 0.500. The van der Waals surface area contributed by atoms with E-state index >= 15 is 0 Å². The second kappa shape index (κ2) is 8.58. The molecule has 1 aromatic heterocycles. The summed E-state index contributed by atoms with van der Waals surface area (Å²) < 4.78 is 9.87. The molecule has 2 aromatic rings. The molecular weight excluding hydrogens is 386 g/mol. The van der Waals surface area contributed by atoms with Crippen LogP contribution in [0.3, 0.4) is 0 Å². The maximum Gasteiger partial charge on any atom is 0.331 e. The summed E-state index contributed by atoms with van der Waals surface area (Å²) in [5, 5.41) is 13.5. The molecule has 2 N–H and O–H groups in total. The molecule has 3 rings (SSSR count). The van der Waals surface area contributed by atoms with E-state index in [1.807, 2.05) is 24.3 Å². The van der Waals surface area contributed by atoms with Crippen molar-refractivity contribution in [2.75, 3.05) is 19.7 Å². The first-order valence-corrected chi connectivity index (χ1v) is 9.56. The van der Waals surface area contributed by atoms with Crippen LogP contribution in [-0.4, -0.2) is 33.9 Å². The van der Waals surface area contributed by atoms with E-state index in [1.54, 1.807) is 4.57 Å². The van der Waals surface area contributed by atoms with Crippen molar-refractivity contribution in [1.29, 1.82) is 0 Å². The molecule has 0 spiro atoms. The van der Waals surface area contributed by atoms with Crippen LogP contribution in [0.25, 0.3) is 0 Å². The molecule has 0 radical (unpaired) electrons. The highest BCUT2D eigenvalue weighted by molar-refractivity contribution is 9.10. The normalized spacial score (nSPS) is 13.2. The van der Waals surface area contributed by atoms with Crippen molar-refractivity contribution in [3.05, 3.63) is 44.9 Å². The van der Waals surface area contributed by atoms with Gasteiger partial charge in [0.1, 0.15) is 12.4 Å². The number of imidazole rings is 1. The van der Waals surface area contributed by atoms with Crippen molar-refractivity contribution in [2.24, 2.45) is 0 Å². The molecule has 6 nitrogen and oxygen atoms in total. The fourth-order valence-electron chi connectivity index (χ4n) is 3.15. The molecule has 0 saturated heterocycles. The van der Waals surface area contributed by atoms with Gasteiger partial charge in [-0.05, 0) is 50.4 Å². The number of nitrogens with zero attached hydrogens (tertiary/aromatic N) is 2. The quantitative estimate of drug-likeness (QED) is 0.624. The number of aromatic hydroxyl groups is 1. The zero-order chi connectivity index (χ0) is 17.6. The van der Waals surface area contributed by atoms with Gasteiger partial charge >= 0.3 is 5.69 Å². The number of ether oxygens (including phenoxy) is 1. The van der Waals surface area contributed by atoms with E-state index in [1.165, 1.54) is 4.57 Å². The van der Waals surface area contributed by atoms with Gasteiger partial charge in [-0.2, -0.15) is 0 Å². The number of halogens is 1. The average molecular weight is 410 g/mol. The molecule has 0 bridgehead atoms. The van der Waals surface area contributed by atoms with Gasteiger partial charge in [-0.1, -0.05) is 22.0 Å². The second-order valence-corrected chi connectivity index (χ2v) is 7.14. The molecule has 0 atom stereocenters. The Labute approximate surface area is 155 Å². The van der Waals surface area contributed by atoms with Crippen molar-refractivity contribution < 1.29 is 9.84 Å². The molecule has 136 valence electrons. The molecular formula is C18H24BrN3O3. The molecule has 1 aliphatic rings. The van der Waals surface area contributed by atoms with Gasteiger partial charge in [-0.3, -0.25) is 9.13 Å². The molecule has 0 aliphatic carbocycles. The van der Waals surface area contributed by atoms with Crippen LogP contribution in [0.2, 0.25) is 0 Å². The highest BCUT2D eigenvalue weighted by Gasteiger charge is 2.22. The smallest absolute Gasteiger partial charge is 0.331 e. The number of aromatic nitrogens is 2. The highest BCUT2D eigenvalue weighted by atomic mass is 79.9. The largest absolute Gasteiger partial charge is 0.493 e. The van der Waals surface area contributed by atoms with Crippen LogP contribution >= 0.6 is 15.9 Å². The Bertz CT molecular complexity index is 769. The van der Waals surface area contributed by atoms with Crippen LogP contribution in [0.4, 0.5) is 0 Å². The number of hydrogen-bond donors (Lipinski definition) is 2. The van der Waals surface area contributed by atoms with E-state index in [4.69, 9.17) is 4.74 Å². The van der Waals surface area contributed by atoms with Gasteiger partial charge in [-0.15, -0.1) is 0 Å². The maximum atomic E-state index is 12.2. The van der Waals surface area contributed by atoms with E-state index in [9.17, 15) is 9.90 Å². The van der Waals surface area contributed by atoms with Crippen LogP contribution in [0, 0.1) is 0 Å². The van der Waals surface area contributed by atoms with Crippen LogP contribution in [0.5, 0.6) is 11.6 Å². The number of unbranched alkanes of at least 4 members (excludes halogenated alkanes) is 1. The SMILES string of the molecule is O=c1n(CCCCNCCOc2cccc(Br)c2)c(O)c2n1CCC2. The molecule has 0 saturated carbocycles. The van der Waals surface area contributed by atoms with Gasteiger partial charge in [0.05, 0.1) is 5.69 Å². The topological polar surface area (TPSA) is 68.4 Å². The van der Waals surface area contributed by atoms with Crippen molar-refractivity contribution in [2.45, 2.75) is 38.8 Å². The van der Waals surface area contributed by atoms with Gasteiger partial charge in [0.2, 0.25) is 5.88 Å². The molecule has 0 amide bonds. The minimum atomic E-state index is -0.0691. The third-order valence-corrected chi connectivity index (χ3v) is 4.92. The van der Waals surface area contributed by atoms with E-state index in [-0.39, 0.29) is 11.6 Å². The molecule has 1 aromatic carbocycles. The van der Waals surface area contributed by atoms with Gasteiger partial charge < -0.3 is 15.2 Å². The van der Waals surface area contributed by atoms with E-state index in [0.717, 1.165) is 61.2 Å². The Morgan fingerprint density at radius 1 is 1.28 bits per heavy atom. The van der Waals surface area contributed by atoms with Crippen LogP contribution < -0.4 is 15.7 Å². The maximum absolute atomic E-state index is 12.2. The van der Waals surface area contributed by atoms with Gasteiger partial charge in [-0.25, -0.2) is 4.79 Å². The van der Waals surface area contributed by atoms with Crippen molar-refractivity contribution in [3.63, 3.8) is 0 Å². The number of fused-ring (bicyclic) bond motifs is 1. The lowest BCUT2D eigenvalue weighted by molar-refractivity contribution is 0.313. The Kier molecular flexibility index (Phi) is 6.20. The Balaban J connectivity index is 1.30. The predicted molar refractivity (Wildman–Crippen MR) is 100 cm³/mol. The predicted octanol–water partition coefficient (Wildman–Crippen LogP) is 2.51. The van der Waals surface area contributed by atoms with E-state index < -0.39 is 0 Å². The minimum absolute atomic E-state index is 0.0691. The zero-order valence-electron chi connectivity index (χ0n) is 14.2. The molecule has 0 fully saturated rings. The molecule has 2 heterocycles. The van der Waals surface area contributed by atoms with Crippen LogP contribution in [0.15, 0.2) is 33.5 Å². The summed E-state index contributed by atoms with van der Waals surface area (Å²) in [6, 6.07) is 7.79. The lowest BCUT2D eigenvalue weighted by Gasteiger charge is -2.08. The lowest BCUT2D eigenvalue weighted by atomic mass is 10.3. The third kappa shape index (κ3) is 4.46. The molecule has 0 unspecified atom stereocenters. The molecule has 25 heavy (non-hydrogen) atoms.